The van der Waals surface area contributed by atoms with Gasteiger partial charge in [0.25, 0.3) is 0 Å². The number of guanidine groups is 1. The number of thiazole rings is 1. The number of hydrogen-bond acceptors (Lipinski definition) is 5. The first kappa shape index (κ1) is 20.8. The van der Waals surface area contributed by atoms with Crippen LogP contribution < -0.4 is 10.6 Å². The summed E-state index contributed by atoms with van der Waals surface area (Å²) in [6.07, 6.45) is 0. The van der Waals surface area contributed by atoms with Crippen molar-refractivity contribution in [2.45, 2.75) is 33.4 Å². The Balaban J connectivity index is 1.67. The number of nitrogens with zero attached hydrogens (tertiary/aromatic N) is 2. The lowest BCUT2D eigenvalue weighted by Gasteiger charge is -2.17. The number of nitrogens with one attached hydrogen (secondary N) is 2. The maximum atomic E-state index is 12.0. The van der Waals surface area contributed by atoms with E-state index in [4.69, 9.17) is 4.74 Å². The van der Waals surface area contributed by atoms with Crippen molar-refractivity contribution in [1.82, 2.24) is 15.6 Å². The number of benzene rings is 2. The summed E-state index contributed by atoms with van der Waals surface area (Å²) in [5.41, 5.74) is 1.89. The Morgan fingerprint density at radius 2 is 2.00 bits per heavy atom. The molecule has 0 fully saturated rings. The van der Waals surface area contributed by atoms with E-state index in [1.165, 1.54) is 27.7 Å². The van der Waals surface area contributed by atoms with Gasteiger partial charge in [0.2, 0.25) is 0 Å². The topological polar surface area (TPSA) is 75.6 Å². The number of fused-ring (bicyclic) bond motifs is 1. The molecule has 1 heterocycles. The molecule has 152 valence electrons. The minimum absolute atomic E-state index is 0.0967. The van der Waals surface area contributed by atoms with Crippen LogP contribution in [-0.2, 0) is 11.3 Å². The van der Waals surface area contributed by atoms with Gasteiger partial charge in [0, 0.05) is 13.6 Å². The number of rotatable bonds is 6. The van der Waals surface area contributed by atoms with Gasteiger partial charge >= 0.3 is 5.97 Å². The summed E-state index contributed by atoms with van der Waals surface area (Å²) < 4.78 is 5.10. The smallest absolute Gasteiger partial charge is 0.350 e. The Kier molecular flexibility index (Phi) is 6.82. The Labute approximate surface area is 175 Å². The van der Waals surface area contributed by atoms with Crippen LogP contribution in [0.25, 0.3) is 10.8 Å². The zero-order chi connectivity index (χ0) is 20.8. The SMILES string of the molecule is CCOC(=O)c1sc(C(C)NC(=NC)NCc2cccc3ccccc23)nc1C. The molecule has 0 saturated heterocycles. The third-order valence-electron chi connectivity index (χ3n) is 4.55. The highest BCUT2D eigenvalue weighted by Gasteiger charge is 2.20. The normalized spacial score (nSPS) is 12.6. The lowest BCUT2D eigenvalue weighted by Crippen LogP contribution is -2.38. The Morgan fingerprint density at radius 3 is 2.76 bits per heavy atom. The molecule has 1 unspecified atom stereocenters. The maximum absolute atomic E-state index is 12.0. The van der Waals surface area contributed by atoms with Crippen molar-refractivity contribution in [2.24, 2.45) is 4.99 Å². The summed E-state index contributed by atoms with van der Waals surface area (Å²) in [6, 6.07) is 14.5. The van der Waals surface area contributed by atoms with Gasteiger partial charge in [-0.3, -0.25) is 4.99 Å². The first-order valence-corrected chi connectivity index (χ1v) is 10.4. The molecule has 0 bridgehead atoms. The predicted molar refractivity (Wildman–Crippen MR) is 119 cm³/mol. The lowest BCUT2D eigenvalue weighted by atomic mass is 10.0. The van der Waals surface area contributed by atoms with E-state index >= 15 is 0 Å². The largest absolute Gasteiger partial charge is 0.462 e. The maximum Gasteiger partial charge on any atom is 0.350 e. The molecule has 6 nitrogen and oxygen atoms in total. The average molecular weight is 411 g/mol. The summed E-state index contributed by atoms with van der Waals surface area (Å²) in [5.74, 6) is 0.357. The molecule has 1 atom stereocenters. The average Bonchev–Trinajstić information content (AvgIpc) is 3.13. The van der Waals surface area contributed by atoms with Crippen LogP contribution in [0.4, 0.5) is 0 Å². The Hall–Kier alpha value is -2.93. The molecule has 29 heavy (non-hydrogen) atoms. The highest BCUT2D eigenvalue weighted by atomic mass is 32.1. The van der Waals surface area contributed by atoms with Gasteiger partial charge in [-0.15, -0.1) is 11.3 Å². The molecule has 2 aromatic carbocycles. The van der Waals surface area contributed by atoms with Crippen LogP contribution in [0.5, 0.6) is 0 Å². The monoisotopic (exact) mass is 410 g/mol. The lowest BCUT2D eigenvalue weighted by molar-refractivity contribution is 0.0531. The standard InChI is InChI=1S/C22H26N4O2S/c1-5-28-21(27)19-14(2)25-20(29-19)15(3)26-22(23-4)24-13-17-11-8-10-16-9-6-7-12-18(16)17/h6-12,15H,5,13H2,1-4H3,(H2,23,24,26). The summed E-state index contributed by atoms with van der Waals surface area (Å²) >= 11 is 1.35. The van der Waals surface area contributed by atoms with E-state index in [0.717, 1.165) is 5.01 Å². The minimum Gasteiger partial charge on any atom is -0.462 e. The van der Waals surface area contributed by atoms with Gasteiger partial charge in [-0.2, -0.15) is 0 Å². The van der Waals surface area contributed by atoms with Gasteiger partial charge in [-0.25, -0.2) is 9.78 Å². The second-order valence-corrected chi connectivity index (χ2v) is 7.65. The summed E-state index contributed by atoms with van der Waals surface area (Å²) in [6.45, 7) is 6.62. The Morgan fingerprint density at radius 1 is 1.24 bits per heavy atom. The van der Waals surface area contributed by atoms with Crippen LogP contribution in [0.15, 0.2) is 47.5 Å². The van der Waals surface area contributed by atoms with Gasteiger partial charge in [-0.05, 0) is 37.1 Å². The molecule has 0 radical (unpaired) electrons. The molecule has 0 spiro atoms. The molecule has 0 aliphatic carbocycles. The van der Waals surface area contributed by atoms with Crippen molar-refractivity contribution >= 4 is 34.0 Å². The van der Waals surface area contributed by atoms with E-state index in [2.05, 4.69) is 50.9 Å². The molecule has 0 saturated carbocycles. The van der Waals surface area contributed by atoms with E-state index in [1.807, 2.05) is 26.0 Å². The van der Waals surface area contributed by atoms with Gasteiger partial charge in [0.15, 0.2) is 5.96 Å². The molecule has 3 aromatic rings. The van der Waals surface area contributed by atoms with Crippen LogP contribution in [0.2, 0.25) is 0 Å². The van der Waals surface area contributed by atoms with Crippen molar-refractivity contribution < 1.29 is 9.53 Å². The van der Waals surface area contributed by atoms with E-state index in [0.29, 0.717) is 29.7 Å². The summed E-state index contributed by atoms with van der Waals surface area (Å²) in [7, 11) is 1.74. The minimum atomic E-state index is -0.320. The molecule has 0 aliphatic heterocycles. The first-order chi connectivity index (χ1) is 14.0. The second-order valence-electron chi connectivity index (χ2n) is 6.62. The Bertz CT molecular complexity index is 1020. The highest BCUT2D eigenvalue weighted by Crippen LogP contribution is 2.24. The zero-order valence-corrected chi connectivity index (χ0v) is 18.0. The van der Waals surface area contributed by atoms with Gasteiger partial charge < -0.3 is 15.4 Å². The number of hydrogen-bond donors (Lipinski definition) is 2. The second kappa shape index (κ2) is 9.52. The first-order valence-electron chi connectivity index (χ1n) is 9.61. The molecule has 2 N–H and O–H groups in total. The summed E-state index contributed by atoms with van der Waals surface area (Å²) in [5, 5.41) is 9.97. The molecule has 0 amide bonds. The fourth-order valence-electron chi connectivity index (χ4n) is 3.08. The third-order valence-corrected chi connectivity index (χ3v) is 5.87. The summed E-state index contributed by atoms with van der Waals surface area (Å²) in [4.78, 5) is 21.4. The molecule has 3 rings (SSSR count). The quantitative estimate of drug-likeness (QED) is 0.362. The van der Waals surface area contributed by atoms with Crippen LogP contribution in [-0.4, -0.2) is 30.6 Å². The molecule has 1 aromatic heterocycles. The van der Waals surface area contributed by atoms with Crippen molar-refractivity contribution in [3.8, 4) is 0 Å². The van der Waals surface area contributed by atoms with E-state index in [9.17, 15) is 4.79 Å². The molecule has 7 heteroatoms. The predicted octanol–water partition coefficient (Wildman–Crippen LogP) is 4.21. The number of esters is 1. The van der Waals surface area contributed by atoms with Crippen LogP contribution >= 0.6 is 11.3 Å². The van der Waals surface area contributed by atoms with Gasteiger partial charge in [0.05, 0.1) is 18.3 Å². The highest BCUT2D eigenvalue weighted by molar-refractivity contribution is 7.13. The molecular formula is C22H26N4O2S. The van der Waals surface area contributed by atoms with E-state index in [-0.39, 0.29) is 12.0 Å². The number of aromatic nitrogens is 1. The number of aliphatic imine (C=N–C) groups is 1. The number of carbonyl (C=O) groups is 1. The van der Waals surface area contributed by atoms with Crippen LogP contribution in [0.1, 0.15) is 45.8 Å². The van der Waals surface area contributed by atoms with Crippen LogP contribution in [0, 0.1) is 6.92 Å². The number of aryl methyl sites for hydroxylation is 1. The fourth-order valence-corrected chi connectivity index (χ4v) is 4.04. The van der Waals surface area contributed by atoms with Crippen molar-refractivity contribution in [1.29, 1.82) is 0 Å². The van der Waals surface area contributed by atoms with E-state index < -0.39 is 0 Å². The third kappa shape index (κ3) is 4.92. The van der Waals surface area contributed by atoms with E-state index in [1.54, 1.807) is 14.0 Å². The van der Waals surface area contributed by atoms with Crippen molar-refractivity contribution in [2.75, 3.05) is 13.7 Å². The number of ether oxygens (including phenoxy) is 1. The van der Waals surface area contributed by atoms with Crippen molar-refractivity contribution in [3.63, 3.8) is 0 Å². The molecular weight excluding hydrogens is 384 g/mol. The van der Waals surface area contributed by atoms with Crippen molar-refractivity contribution in [3.05, 3.63) is 63.6 Å². The zero-order valence-electron chi connectivity index (χ0n) is 17.2. The fraction of sp³-hybridized carbons (Fsp3) is 0.318. The number of carbonyl (C=O) groups excluding carboxylic acids is 1. The molecule has 0 aliphatic rings. The van der Waals surface area contributed by atoms with Gasteiger partial charge in [0.1, 0.15) is 9.88 Å². The van der Waals surface area contributed by atoms with Gasteiger partial charge in [-0.1, -0.05) is 42.5 Å². The van der Waals surface area contributed by atoms with Crippen LogP contribution in [0.3, 0.4) is 0 Å².